The number of carbonyl (C=O) groups is 2. The number of rotatable bonds is 8. The van der Waals surface area contributed by atoms with Crippen LogP contribution in [0.5, 0.6) is 23.0 Å². The molecule has 0 bridgehead atoms. The lowest BCUT2D eigenvalue weighted by Crippen LogP contribution is -2.40. The number of methoxy groups -OCH3 is 4. The van der Waals surface area contributed by atoms with Crippen molar-refractivity contribution in [2.24, 2.45) is 5.73 Å². The number of hydrogen-bond donors (Lipinski definition) is 3. The number of nitrogens with two attached hydrogens (primary N) is 1. The Morgan fingerprint density at radius 2 is 1.55 bits per heavy atom. The van der Waals surface area contributed by atoms with Crippen LogP contribution >= 0.6 is 0 Å². The molecule has 0 aromatic heterocycles. The average Bonchev–Trinajstić information content (AvgIpc) is 2.75. The van der Waals surface area contributed by atoms with E-state index in [9.17, 15) is 14.7 Å². The van der Waals surface area contributed by atoms with Crippen molar-refractivity contribution in [3.05, 3.63) is 47.5 Å². The van der Waals surface area contributed by atoms with Gasteiger partial charge in [-0.3, -0.25) is 4.79 Å². The number of amides is 1. The van der Waals surface area contributed by atoms with Gasteiger partial charge in [-0.15, -0.1) is 0 Å². The predicted molar refractivity (Wildman–Crippen MR) is 104 cm³/mol. The Labute approximate surface area is 168 Å². The first kappa shape index (κ1) is 21.8. The molecular formula is C20H24N2O7. The van der Waals surface area contributed by atoms with Gasteiger partial charge in [0.05, 0.1) is 28.4 Å². The number of aromatic hydroxyl groups is 1. The van der Waals surface area contributed by atoms with E-state index >= 15 is 0 Å². The first-order chi connectivity index (χ1) is 13.8. The molecule has 2 aromatic carbocycles. The number of nitrogens with one attached hydrogen (secondary N) is 1. The summed E-state index contributed by atoms with van der Waals surface area (Å²) in [6.07, 6.45) is 0. The second kappa shape index (κ2) is 9.65. The van der Waals surface area contributed by atoms with Gasteiger partial charge >= 0.3 is 5.97 Å². The van der Waals surface area contributed by atoms with Crippen molar-refractivity contribution < 1.29 is 33.6 Å². The van der Waals surface area contributed by atoms with E-state index in [0.717, 1.165) is 0 Å². The summed E-state index contributed by atoms with van der Waals surface area (Å²) in [6.45, 7) is 0. The van der Waals surface area contributed by atoms with Crippen LogP contribution in [0, 0.1) is 0 Å². The number of esters is 1. The Hall–Kier alpha value is -3.46. The van der Waals surface area contributed by atoms with Gasteiger partial charge in [-0.1, -0.05) is 6.07 Å². The molecule has 9 nitrogen and oxygen atoms in total. The van der Waals surface area contributed by atoms with Gasteiger partial charge in [0.15, 0.2) is 17.5 Å². The van der Waals surface area contributed by atoms with Crippen LogP contribution in [-0.2, 0) is 14.3 Å². The normalized spacial score (nSPS) is 12.4. The van der Waals surface area contributed by atoms with Crippen molar-refractivity contribution in [2.45, 2.75) is 12.1 Å². The predicted octanol–water partition coefficient (Wildman–Crippen LogP) is 1.45. The van der Waals surface area contributed by atoms with Crippen LogP contribution in [0.15, 0.2) is 36.4 Å². The summed E-state index contributed by atoms with van der Waals surface area (Å²) >= 11 is 0. The quantitative estimate of drug-likeness (QED) is 0.564. The lowest BCUT2D eigenvalue weighted by molar-refractivity contribution is -0.145. The zero-order chi connectivity index (χ0) is 21.6. The van der Waals surface area contributed by atoms with Gasteiger partial charge in [-0.2, -0.15) is 0 Å². The van der Waals surface area contributed by atoms with Crippen LogP contribution in [0.25, 0.3) is 0 Å². The Morgan fingerprint density at radius 3 is 2.03 bits per heavy atom. The average molecular weight is 404 g/mol. The molecule has 2 atom stereocenters. The molecule has 29 heavy (non-hydrogen) atoms. The molecule has 0 aliphatic carbocycles. The third kappa shape index (κ3) is 5.08. The number of phenols is 1. The maximum Gasteiger partial charge on any atom is 0.333 e. The molecule has 0 aliphatic heterocycles. The molecule has 0 fully saturated rings. The Kier molecular flexibility index (Phi) is 7.27. The summed E-state index contributed by atoms with van der Waals surface area (Å²) < 4.78 is 20.1. The number of benzene rings is 2. The molecule has 2 rings (SSSR count). The van der Waals surface area contributed by atoms with Crippen molar-refractivity contribution in [2.75, 3.05) is 28.4 Å². The minimum Gasteiger partial charge on any atom is -0.504 e. The third-order valence-corrected chi connectivity index (χ3v) is 4.28. The smallest absolute Gasteiger partial charge is 0.333 e. The van der Waals surface area contributed by atoms with E-state index in [2.05, 4.69) is 5.32 Å². The Bertz CT molecular complexity index is 863. The molecule has 9 heteroatoms. The fraction of sp³-hybridized carbons (Fsp3) is 0.300. The summed E-state index contributed by atoms with van der Waals surface area (Å²) in [7, 11) is 5.55. The molecule has 0 radical (unpaired) electrons. The maximum absolute atomic E-state index is 12.7. The molecule has 0 heterocycles. The van der Waals surface area contributed by atoms with Crippen molar-refractivity contribution >= 4 is 11.9 Å². The molecule has 0 saturated carbocycles. The highest BCUT2D eigenvalue weighted by Gasteiger charge is 2.28. The number of hydrogen-bond acceptors (Lipinski definition) is 8. The first-order valence-corrected chi connectivity index (χ1v) is 8.58. The van der Waals surface area contributed by atoms with Gasteiger partial charge in [0.25, 0.3) is 0 Å². The number of carbonyl (C=O) groups excluding carboxylic acids is 2. The minimum absolute atomic E-state index is 0.185. The largest absolute Gasteiger partial charge is 0.504 e. The molecule has 0 unspecified atom stereocenters. The van der Waals surface area contributed by atoms with E-state index in [0.29, 0.717) is 22.6 Å². The van der Waals surface area contributed by atoms with Crippen LogP contribution in [0.4, 0.5) is 0 Å². The van der Waals surface area contributed by atoms with Crippen LogP contribution in [0.3, 0.4) is 0 Å². The summed E-state index contributed by atoms with van der Waals surface area (Å²) in [5.74, 6) is -0.386. The molecule has 1 amide bonds. The van der Waals surface area contributed by atoms with Gasteiger partial charge in [-0.05, 0) is 35.4 Å². The second-order valence-electron chi connectivity index (χ2n) is 6.02. The van der Waals surface area contributed by atoms with E-state index in [1.54, 1.807) is 18.2 Å². The second-order valence-corrected chi connectivity index (χ2v) is 6.02. The highest BCUT2D eigenvalue weighted by atomic mass is 16.5. The third-order valence-electron chi connectivity index (χ3n) is 4.28. The number of phenolic OH excluding ortho intramolecular Hbond substituents is 1. The lowest BCUT2D eigenvalue weighted by Gasteiger charge is -2.21. The fourth-order valence-electron chi connectivity index (χ4n) is 2.68. The van der Waals surface area contributed by atoms with E-state index < -0.39 is 24.0 Å². The van der Waals surface area contributed by atoms with Gasteiger partial charge in [0.1, 0.15) is 17.5 Å². The minimum atomic E-state index is -1.18. The van der Waals surface area contributed by atoms with E-state index in [1.807, 2.05) is 0 Å². The van der Waals surface area contributed by atoms with Crippen molar-refractivity contribution in [3.63, 3.8) is 0 Å². The summed E-state index contributed by atoms with van der Waals surface area (Å²) in [4.78, 5) is 25.0. The maximum atomic E-state index is 12.7. The molecule has 0 aliphatic rings. The Balaban J connectivity index is 2.30. The van der Waals surface area contributed by atoms with Gasteiger partial charge in [0.2, 0.25) is 5.91 Å². The van der Waals surface area contributed by atoms with Crippen LogP contribution in [0.1, 0.15) is 23.2 Å². The van der Waals surface area contributed by atoms with Gasteiger partial charge in [0, 0.05) is 6.07 Å². The van der Waals surface area contributed by atoms with E-state index in [1.165, 1.54) is 46.6 Å². The zero-order valence-corrected chi connectivity index (χ0v) is 16.6. The molecule has 0 saturated heterocycles. The summed E-state index contributed by atoms with van der Waals surface area (Å²) in [5.41, 5.74) is 6.82. The van der Waals surface area contributed by atoms with Crippen LogP contribution < -0.4 is 25.3 Å². The molecule has 2 aromatic rings. The van der Waals surface area contributed by atoms with Gasteiger partial charge in [-0.25, -0.2) is 4.79 Å². The molecule has 0 spiro atoms. The first-order valence-electron chi connectivity index (χ1n) is 8.58. The summed E-state index contributed by atoms with van der Waals surface area (Å²) in [6, 6.07) is 6.85. The summed E-state index contributed by atoms with van der Waals surface area (Å²) in [5, 5.41) is 12.5. The van der Waals surface area contributed by atoms with Crippen LogP contribution in [0.2, 0.25) is 0 Å². The molecule has 4 N–H and O–H groups in total. The molecule has 156 valence electrons. The SMILES string of the molecule is COC(=O)[C@H](NC(=O)[C@@H](N)c1cc(OC)cc(OC)c1)c1ccc(OC)c(O)c1. The Morgan fingerprint density at radius 1 is 0.931 bits per heavy atom. The monoisotopic (exact) mass is 404 g/mol. The molecular weight excluding hydrogens is 380 g/mol. The zero-order valence-electron chi connectivity index (χ0n) is 16.6. The van der Waals surface area contributed by atoms with Crippen molar-refractivity contribution in [1.29, 1.82) is 0 Å². The highest BCUT2D eigenvalue weighted by Crippen LogP contribution is 2.30. The highest BCUT2D eigenvalue weighted by molar-refractivity contribution is 5.89. The standard InChI is InChI=1S/C20H24N2O7/c1-26-13-7-12(8-14(10-13)27-2)17(21)19(24)22-18(20(25)29-4)11-5-6-16(28-3)15(23)9-11/h5-10,17-18,23H,21H2,1-4H3,(H,22,24)/t17-,18+/m0/s1. The van der Waals surface area contributed by atoms with E-state index in [4.69, 9.17) is 24.7 Å². The topological polar surface area (TPSA) is 129 Å². The lowest BCUT2D eigenvalue weighted by atomic mass is 10.0. The van der Waals surface area contributed by atoms with Crippen molar-refractivity contribution in [3.8, 4) is 23.0 Å². The van der Waals surface area contributed by atoms with Gasteiger partial charge < -0.3 is 35.1 Å². The van der Waals surface area contributed by atoms with Crippen LogP contribution in [-0.4, -0.2) is 45.4 Å². The fourth-order valence-corrected chi connectivity index (χ4v) is 2.68. The number of ether oxygens (including phenoxy) is 4. The van der Waals surface area contributed by atoms with E-state index in [-0.39, 0.29) is 11.5 Å². The van der Waals surface area contributed by atoms with Crippen molar-refractivity contribution in [1.82, 2.24) is 5.32 Å².